The van der Waals surface area contributed by atoms with Gasteiger partial charge in [0.1, 0.15) is 28.7 Å². The number of H-pyrrole nitrogens is 1. The van der Waals surface area contributed by atoms with Gasteiger partial charge < -0.3 is 15.2 Å². The summed E-state index contributed by atoms with van der Waals surface area (Å²) < 4.78 is 40.7. The fourth-order valence-corrected chi connectivity index (χ4v) is 6.95. The number of thiophene rings is 1. The highest BCUT2D eigenvalue weighted by Crippen LogP contribution is 2.33. The Bertz CT molecular complexity index is 1940. The van der Waals surface area contributed by atoms with Crippen molar-refractivity contribution < 1.29 is 18.0 Å². The van der Waals surface area contributed by atoms with Gasteiger partial charge in [-0.05, 0) is 61.2 Å². The van der Waals surface area contributed by atoms with Crippen LogP contribution in [0.3, 0.4) is 0 Å². The molecule has 0 spiro atoms. The fourth-order valence-electron chi connectivity index (χ4n) is 5.93. The average molecular weight is 648 g/mol. The number of fused-ring (bicyclic) bond motifs is 2. The number of aromatic nitrogens is 5. The Morgan fingerprint density at radius 3 is 2.74 bits per heavy atom. The zero-order chi connectivity index (χ0) is 32.4. The predicted molar refractivity (Wildman–Crippen MR) is 170 cm³/mol. The van der Waals surface area contributed by atoms with Crippen LogP contribution in [0.1, 0.15) is 45.9 Å². The summed E-state index contributed by atoms with van der Waals surface area (Å²) in [6, 6.07) is 12.0. The standard InChI is InChI=1S/C32H32F3N9OS/c1-3-29(45)37-15-22-10-23(42-41-22)17-44-24(14-36)11-26-19(2)20(4-5-28(26)44)16-43-8-6-21(7-9-43)40-30-27-12-25(13-32(33,34)35)46-31(27)39-18-38-30/h3-5,10-12,18,21H,1,6-9,13,15-17H2,2H3,(H,37,45)(H,41,42)(H,38,39,40). The predicted octanol–water partition coefficient (Wildman–Crippen LogP) is 5.58. The number of nitriles is 1. The van der Waals surface area contributed by atoms with Crippen LogP contribution in [0.2, 0.25) is 0 Å². The number of halogens is 3. The highest BCUT2D eigenvalue weighted by Gasteiger charge is 2.29. The van der Waals surface area contributed by atoms with E-state index in [1.54, 1.807) is 6.07 Å². The van der Waals surface area contributed by atoms with Crippen LogP contribution < -0.4 is 10.6 Å². The van der Waals surface area contributed by atoms with E-state index >= 15 is 0 Å². The molecule has 0 bridgehead atoms. The number of benzene rings is 1. The van der Waals surface area contributed by atoms with E-state index < -0.39 is 12.6 Å². The van der Waals surface area contributed by atoms with Crippen molar-refractivity contribution in [2.75, 3.05) is 18.4 Å². The molecule has 0 saturated carbocycles. The molecule has 46 heavy (non-hydrogen) atoms. The largest absolute Gasteiger partial charge is 0.393 e. The molecule has 0 unspecified atom stereocenters. The normalized spacial score (nSPS) is 14.5. The van der Waals surface area contributed by atoms with Crippen molar-refractivity contribution in [2.24, 2.45) is 0 Å². The van der Waals surface area contributed by atoms with Crippen molar-refractivity contribution in [3.05, 3.63) is 82.4 Å². The lowest BCUT2D eigenvalue weighted by atomic mass is 10.0. The number of likely N-dealkylation sites (tertiary alicyclic amines) is 1. The number of alkyl halides is 3. The second kappa shape index (κ2) is 12.9. The minimum atomic E-state index is -4.27. The van der Waals surface area contributed by atoms with Gasteiger partial charge in [-0.1, -0.05) is 12.6 Å². The average Bonchev–Trinajstić information content (AvgIpc) is 3.75. The number of hydrogen-bond acceptors (Lipinski definition) is 8. The van der Waals surface area contributed by atoms with Gasteiger partial charge >= 0.3 is 6.18 Å². The van der Waals surface area contributed by atoms with Crippen LogP contribution in [0.4, 0.5) is 19.0 Å². The Hall–Kier alpha value is -4.74. The minimum Gasteiger partial charge on any atom is -0.367 e. The maximum absolute atomic E-state index is 12.9. The van der Waals surface area contributed by atoms with Gasteiger partial charge in [-0.2, -0.15) is 23.5 Å². The third-order valence-corrected chi connectivity index (χ3v) is 9.34. The lowest BCUT2D eigenvalue weighted by Gasteiger charge is -2.33. The number of piperidine rings is 1. The SMILES string of the molecule is C=CC(=O)NCc1cc(Cn2c(C#N)cc3c(C)c(CN4CCC(Nc5ncnc6sc(CC(F)(F)F)cc56)CC4)ccc32)n[nH]1. The first kappa shape index (κ1) is 31.3. The summed E-state index contributed by atoms with van der Waals surface area (Å²) in [7, 11) is 0. The van der Waals surface area contributed by atoms with Crippen LogP contribution in [0.5, 0.6) is 0 Å². The van der Waals surface area contributed by atoms with E-state index in [4.69, 9.17) is 0 Å². The molecule has 6 rings (SSSR count). The molecule has 1 fully saturated rings. The van der Waals surface area contributed by atoms with Gasteiger partial charge in [-0.3, -0.25) is 14.8 Å². The number of carbonyl (C=O) groups is 1. The van der Waals surface area contributed by atoms with E-state index in [9.17, 15) is 23.2 Å². The first-order chi connectivity index (χ1) is 22.1. The Labute approximate surface area is 266 Å². The molecule has 5 heterocycles. The van der Waals surface area contributed by atoms with Crippen LogP contribution in [0.15, 0.2) is 49.3 Å². The molecular formula is C32H32F3N9OS. The molecule has 1 aliphatic rings. The third kappa shape index (κ3) is 6.90. The maximum atomic E-state index is 12.9. The van der Waals surface area contributed by atoms with Crippen LogP contribution in [0, 0.1) is 18.3 Å². The molecular weight excluding hydrogens is 615 g/mol. The number of nitrogens with one attached hydrogen (secondary N) is 3. The number of aromatic amines is 1. The monoisotopic (exact) mass is 647 g/mol. The molecule has 1 aromatic carbocycles. The summed E-state index contributed by atoms with van der Waals surface area (Å²) in [5.74, 6) is 0.315. The summed E-state index contributed by atoms with van der Waals surface area (Å²) in [6.07, 6.45) is -0.892. The molecule has 238 valence electrons. The zero-order valence-electron chi connectivity index (χ0n) is 25.1. The summed E-state index contributed by atoms with van der Waals surface area (Å²) in [5.41, 5.74) is 5.31. The molecule has 1 aliphatic heterocycles. The molecule has 3 N–H and O–H groups in total. The van der Waals surface area contributed by atoms with Crippen LogP contribution in [0.25, 0.3) is 21.1 Å². The number of carbonyl (C=O) groups excluding carboxylic acids is 1. The summed E-state index contributed by atoms with van der Waals surface area (Å²) >= 11 is 1.05. The van der Waals surface area contributed by atoms with E-state index in [0.29, 0.717) is 34.8 Å². The second-order valence-electron chi connectivity index (χ2n) is 11.5. The number of amides is 1. The number of rotatable bonds is 10. The van der Waals surface area contributed by atoms with Crippen molar-refractivity contribution in [2.45, 2.75) is 58.0 Å². The van der Waals surface area contributed by atoms with Crippen molar-refractivity contribution in [1.82, 2.24) is 34.9 Å². The molecule has 1 amide bonds. The first-order valence-electron chi connectivity index (χ1n) is 14.8. The van der Waals surface area contributed by atoms with Crippen LogP contribution >= 0.6 is 11.3 Å². The Morgan fingerprint density at radius 2 is 2.00 bits per heavy atom. The van der Waals surface area contributed by atoms with E-state index in [0.717, 1.165) is 71.7 Å². The van der Waals surface area contributed by atoms with E-state index in [1.807, 2.05) is 16.7 Å². The van der Waals surface area contributed by atoms with E-state index in [2.05, 4.69) is 67.4 Å². The molecule has 14 heteroatoms. The maximum Gasteiger partial charge on any atom is 0.393 e. The Morgan fingerprint density at radius 1 is 1.20 bits per heavy atom. The number of nitrogens with zero attached hydrogens (tertiary/aromatic N) is 6. The van der Waals surface area contributed by atoms with Crippen molar-refractivity contribution in [3.63, 3.8) is 0 Å². The lowest BCUT2D eigenvalue weighted by molar-refractivity contribution is -0.126. The van der Waals surface area contributed by atoms with Gasteiger partial charge in [-0.25, -0.2) is 9.97 Å². The van der Waals surface area contributed by atoms with Gasteiger partial charge in [0.25, 0.3) is 0 Å². The van der Waals surface area contributed by atoms with Gasteiger partial charge in [-0.15, -0.1) is 11.3 Å². The summed E-state index contributed by atoms with van der Waals surface area (Å²) in [4.78, 5) is 23.2. The van der Waals surface area contributed by atoms with Gasteiger partial charge in [0, 0.05) is 41.5 Å². The molecule has 5 aromatic rings. The van der Waals surface area contributed by atoms with Crippen molar-refractivity contribution >= 4 is 44.2 Å². The van der Waals surface area contributed by atoms with Crippen LogP contribution in [-0.2, 0) is 30.8 Å². The van der Waals surface area contributed by atoms with Gasteiger partial charge in [0.2, 0.25) is 5.91 Å². The highest BCUT2D eigenvalue weighted by molar-refractivity contribution is 7.18. The Balaban J connectivity index is 1.10. The van der Waals surface area contributed by atoms with E-state index in [-0.39, 0.29) is 16.8 Å². The number of anilines is 1. The van der Waals surface area contributed by atoms with Crippen LogP contribution in [-0.4, -0.2) is 60.8 Å². The molecule has 4 aromatic heterocycles. The molecule has 10 nitrogen and oxygen atoms in total. The molecule has 0 radical (unpaired) electrons. The summed E-state index contributed by atoms with van der Waals surface area (Å²) in [5, 5.41) is 25.0. The number of hydrogen-bond donors (Lipinski definition) is 3. The third-order valence-electron chi connectivity index (χ3n) is 8.30. The van der Waals surface area contributed by atoms with E-state index in [1.165, 1.54) is 18.0 Å². The summed E-state index contributed by atoms with van der Waals surface area (Å²) in [6.45, 7) is 8.72. The Kier molecular flexibility index (Phi) is 8.79. The quantitative estimate of drug-likeness (QED) is 0.169. The minimum absolute atomic E-state index is 0.150. The molecule has 1 saturated heterocycles. The molecule has 0 atom stereocenters. The fraction of sp³-hybridized carbons (Fsp3) is 0.344. The van der Waals surface area contributed by atoms with Gasteiger partial charge in [0.15, 0.2) is 0 Å². The topological polar surface area (TPSA) is 128 Å². The molecule has 0 aliphatic carbocycles. The number of aryl methyl sites for hydroxylation is 1. The van der Waals surface area contributed by atoms with Crippen molar-refractivity contribution in [3.8, 4) is 6.07 Å². The zero-order valence-corrected chi connectivity index (χ0v) is 25.9. The van der Waals surface area contributed by atoms with Gasteiger partial charge in [0.05, 0.1) is 36.3 Å². The second-order valence-corrected chi connectivity index (χ2v) is 12.6. The smallest absolute Gasteiger partial charge is 0.367 e. The first-order valence-corrected chi connectivity index (χ1v) is 15.7. The lowest BCUT2D eigenvalue weighted by Crippen LogP contribution is -2.39. The highest BCUT2D eigenvalue weighted by atomic mass is 32.1. The van der Waals surface area contributed by atoms with Crippen molar-refractivity contribution in [1.29, 1.82) is 5.26 Å².